The Bertz CT molecular complexity index is 702. The van der Waals surface area contributed by atoms with Crippen LogP contribution in [0.25, 0.3) is 0 Å². The van der Waals surface area contributed by atoms with Crippen LogP contribution in [-0.2, 0) is 10.0 Å². The molecule has 0 aliphatic rings. The molecule has 0 aromatic heterocycles. The lowest BCUT2D eigenvalue weighted by Gasteiger charge is -2.09. The summed E-state index contributed by atoms with van der Waals surface area (Å²) in [7, 11) is -3.88. The monoisotopic (exact) mass is 347 g/mol. The van der Waals surface area contributed by atoms with Crippen LogP contribution in [0.5, 0.6) is 0 Å². The Morgan fingerprint density at radius 2 is 1.53 bits per heavy atom. The van der Waals surface area contributed by atoms with Crippen LogP contribution < -0.4 is 4.72 Å². The van der Waals surface area contributed by atoms with Gasteiger partial charge in [-0.1, -0.05) is 0 Å². The highest BCUT2D eigenvalue weighted by Crippen LogP contribution is 2.25. The van der Waals surface area contributed by atoms with Gasteiger partial charge in [0.25, 0.3) is 10.0 Å². The first-order valence-electron chi connectivity index (χ1n) is 5.12. The van der Waals surface area contributed by atoms with E-state index in [0.29, 0.717) is 4.47 Å². The van der Waals surface area contributed by atoms with Gasteiger partial charge in [0.2, 0.25) is 0 Å². The van der Waals surface area contributed by atoms with Gasteiger partial charge in [-0.15, -0.1) is 0 Å². The zero-order valence-electron chi connectivity index (χ0n) is 9.40. The zero-order chi connectivity index (χ0) is 14.0. The second-order valence-electron chi connectivity index (χ2n) is 3.68. The molecule has 100 valence electrons. The van der Waals surface area contributed by atoms with Crippen molar-refractivity contribution in [2.45, 2.75) is 4.90 Å². The van der Waals surface area contributed by atoms with Crippen LogP contribution in [0.15, 0.2) is 51.8 Å². The van der Waals surface area contributed by atoms with Gasteiger partial charge in [-0.3, -0.25) is 4.72 Å². The molecule has 0 unspecified atom stereocenters. The van der Waals surface area contributed by atoms with E-state index in [1.165, 1.54) is 12.1 Å². The largest absolute Gasteiger partial charge is 0.278 e. The SMILES string of the molecule is O=S(=O)(Nc1cc(F)ccc1Br)c1ccc(F)cc1. The van der Waals surface area contributed by atoms with E-state index in [9.17, 15) is 17.2 Å². The highest BCUT2D eigenvalue weighted by Gasteiger charge is 2.16. The molecule has 0 amide bonds. The van der Waals surface area contributed by atoms with E-state index in [-0.39, 0.29) is 10.6 Å². The number of hydrogen-bond donors (Lipinski definition) is 1. The normalized spacial score (nSPS) is 11.3. The Balaban J connectivity index is 2.36. The number of rotatable bonds is 3. The summed E-state index contributed by atoms with van der Waals surface area (Å²) < 4.78 is 52.4. The number of anilines is 1. The van der Waals surface area contributed by atoms with Crippen LogP contribution >= 0.6 is 15.9 Å². The Morgan fingerprint density at radius 3 is 2.16 bits per heavy atom. The summed E-state index contributed by atoms with van der Waals surface area (Å²) in [6.07, 6.45) is 0. The predicted octanol–water partition coefficient (Wildman–Crippen LogP) is 3.53. The maximum Gasteiger partial charge on any atom is 0.261 e. The first-order valence-corrected chi connectivity index (χ1v) is 7.39. The van der Waals surface area contributed by atoms with E-state index in [4.69, 9.17) is 0 Å². The molecular formula is C12H8BrF2NO2S. The minimum absolute atomic E-state index is 0.0734. The van der Waals surface area contributed by atoms with Crippen molar-refractivity contribution >= 4 is 31.6 Å². The van der Waals surface area contributed by atoms with Gasteiger partial charge >= 0.3 is 0 Å². The van der Waals surface area contributed by atoms with Crippen LogP contribution in [0.2, 0.25) is 0 Å². The molecule has 0 atom stereocenters. The third-order valence-corrected chi connectivity index (χ3v) is 4.37. The number of nitrogens with one attached hydrogen (secondary N) is 1. The summed E-state index contributed by atoms with van der Waals surface area (Å²) in [6, 6.07) is 7.96. The fourth-order valence-electron chi connectivity index (χ4n) is 1.39. The number of halogens is 3. The molecule has 0 aliphatic heterocycles. The van der Waals surface area contributed by atoms with E-state index in [1.54, 1.807) is 0 Å². The third-order valence-electron chi connectivity index (χ3n) is 2.30. The summed E-state index contributed by atoms with van der Waals surface area (Å²) in [6.45, 7) is 0. The molecule has 0 fully saturated rings. The molecule has 2 rings (SSSR count). The molecule has 0 saturated carbocycles. The van der Waals surface area contributed by atoms with Crippen LogP contribution in [-0.4, -0.2) is 8.42 Å². The molecule has 0 aliphatic carbocycles. The second-order valence-corrected chi connectivity index (χ2v) is 6.22. The average Bonchev–Trinajstić information content (AvgIpc) is 2.34. The summed E-state index contributed by atoms with van der Waals surface area (Å²) in [5.41, 5.74) is 0.0734. The maximum absolute atomic E-state index is 13.1. The molecule has 19 heavy (non-hydrogen) atoms. The topological polar surface area (TPSA) is 46.2 Å². The fraction of sp³-hybridized carbons (Fsp3) is 0. The molecular weight excluding hydrogens is 340 g/mol. The molecule has 7 heteroatoms. The van der Waals surface area contributed by atoms with Gasteiger partial charge in [-0.2, -0.15) is 0 Å². The van der Waals surface area contributed by atoms with Crippen molar-refractivity contribution < 1.29 is 17.2 Å². The highest BCUT2D eigenvalue weighted by molar-refractivity contribution is 9.10. The molecule has 0 radical (unpaired) electrons. The second kappa shape index (κ2) is 5.26. The minimum Gasteiger partial charge on any atom is -0.278 e. The standard InChI is InChI=1S/C12H8BrF2NO2S/c13-11-6-3-9(15)7-12(11)16-19(17,18)10-4-1-8(14)2-5-10/h1-7,16H. The zero-order valence-corrected chi connectivity index (χ0v) is 11.8. The minimum atomic E-state index is -3.88. The number of benzene rings is 2. The molecule has 3 nitrogen and oxygen atoms in total. The number of hydrogen-bond acceptors (Lipinski definition) is 2. The van der Waals surface area contributed by atoms with Gasteiger partial charge in [0.05, 0.1) is 10.6 Å². The van der Waals surface area contributed by atoms with Gasteiger partial charge in [0, 0.05) is 4.47 Å². The smallest absolute Gasteiger partial charge is 0.261 e. The van der Waals surface area contributed by atoms with Gasteiger partial charge in [-0.25, -0.2) is 17.2 Å². The molecule has 2 aromatic carbocycles. The Hall–Kier alpha value is -1.47. The lowest BCUT2D eigenvalue weighted by atomic mass is 10.3. The lowest BCUT2D eigenvalue weighted by Crippen LogP contribution is -2.13. The van der Waals surface area contributed by atoms with Crippen molar-refractivity contribution in [1.82, 2.24) is 0 Å². The van der Waals surface area contributed by atoms with Crippen LogP contribution in [0.1, 0.15) is 0 Å². The van der Waals surface area contributed by atoms with Crippen molar-refractivity contribution in [2.75, 3.05) is 4.72 Å². The Morgan fingerprint density at radius 1 is 0.947 bits per heavy atom. The summed E-state index contributed by atoms with van der Waals surface area (Å²) in [4.78, 5) is -0.106. The van der Waals surface area contributed by atoms with E-state index >= 15 is 0 Å². The highest BCUT2D eigenvalue weighted by atomic mass is 79.9. The predicted molar refractivity (Wildman–Crippen MR) is 71.3 cm³/mol. The van der Waals surface area contributed by atoms with Gasteiger partial charge in [-0.05, 0) is 58.4 Å². The van der Waals surface area contributed by atoms with Crippen molar-refractivity contribution in [3.05, 3.63) is 58.6 Å². The van der Waals surface area contributed by atoms with Crippen molar-refractivity contribution in [1.29, 1.82) is 0 Å². The van der Waals surface area contributed by atoms with Gasteiger partial charge in [0.15, 0.2) is 0 Å². The van der Waals surface area contributed by atoms with Crippen molar-refractivity contribution in [3.63, 3.8) is 0 Å². The molecule has 0 saturated heterocycles. The number of sulfonamides is 1. The first kappa shape index (κ1) is 14.0. The van der Waals surface area contributed by atoms with E-state index < -0.39 is 21.7 Å². The summed E-state index contributed by atoms with van der Waals surface area (Å²) in [5, 5.41) is 0. The molecule has 1 N–H and O–H groups in total. The molecule has 0 spiro atoms. The van der Waals surface area contributed by atoms with Crippen LogP contribution in [0, 0.1) is 11.6 Å². The molecule has 0 bridgehead atoms. The van der Waals surface area contributed by atoms with Crippen LogP contribution in [0.4, 0.5) is 14.5 Å². The lowest BCUT2D eigenvalue weighted by molar-refractivity contribution is 0.599. The van der Waals surface area contributed by atoms with Gasteiger partial charge < -0.3 is 0 Å². The molecule has 2 aromatic rings. The fourth-order valence-corrected chi connectivity index (χ4v) is 2.94. The van der Waals surface area contributed by atoms with E-state index in [1.807, 2.05) is 0 Å². The van der Waals surface area contributed by atoms with Gasteiger partial charge in [0.1, 0.15) is 11.6 Å². The summed E-state index contributed by atoms with van der Waals surface area (Å²) in [5.74, 6) is -1.11. The Kier molecular flexibility index (Phi) is 3.86. The quantitative estimate of drug-likeness (QED) is 0.923. The van der Waals surface area contributed by atoms with Crippen molar-refractivity contribution in [2.24, 2.45) is 0 Å². The summed E-state index contributed by atoms with van der Waals surface area (Å²) >= 11 is 3.11. The first-order chi connectivity index (χ1) is 8.88. The van der Waals surface area contributed by atoms with E-state index in [0.717, 1.165) is 30.3 Å². The maximum atomic E-state index is 13.1. The van der Waals surface area contributed by atoms with Crippen molar-refractivity contribution in [3.8, 4) is 0 Å². The molecule has 0 heterocycles. The third kappa shape index (κ3) is 3.30. The average molecular weight is 348 g/mol. The Labute approximate surface area is 117 Å². The van der Waals surface area contributed by atoms with E-state index in [2.05, 4.69) is 20.7 Å². The van der Waals surface area contributed by atoms with Crippen LogP contribution in [0.3, 0.4) is 0 Å².